The van der Waals surface area contributed by atoms with E-state index in [0.29, 0.717) is 17.1 Å². The molecule has 2 rings (SSSR count). The van der Waals surface area contributed by atoms with Gasteiger partial charge in [0.2, 0.25) is 0 Å². The molecule has 4 heteroatoms. The molecule has 1 aromatic carbocycles. The first-order chi connectivity index (χ1) is 8.27. The highest BCUT2D eigenvalue weighted by Gasteiger charge is 2.27. The Kier molecular flexibility index (Phi) is 3.94. The zero-order valence-electron chi connectivity index (χ0n) is 10.1. The van der Waals surface area contributed by atoms with Crippen molar-refractivity contribution < 1.29 is 14.3 Å². The third kappa shape index (κ3) is 2.41. The molecular weight excluding hydrogens is 236 g/mol. The summed E-state index contributed by atoms with van der Waals surface area (Å²) in [7, 11) is 3.15. The molecule has 1 atom stereocenters. The summed E-state index contributed by atoms with van der Waals surface area (Å²) in [6.07, 6.45) is 0.962. The molecule has 0 spiro atoms. The van der Waals surface area contributed by atoms with Gasteiger partial charge in [-0.3, -0.25) is 4.79 Å². The predicted molar refractivity (Wildman–Crippen MR) is 69.3 cm³/mol. The van der Waals surface area contributed by atoms with Gasteiger partial charge in [0.15, 0.2) is 17.3 Å². The number of carbonyl (C=O) groups is 1. The number of benzene rings is 1. The highest BCUT2D eigenvalue weighted by atomic mass is 32.2. The van der Waals surface area contributed by atoms with Crippen molar-refractivity contribution in [2.45, 2.75) is 6.42 Å². The number of rotatable bonds is 4. The quantitative estimate of drug-likeness (QED) is 0.772. The van der Waals surface area contributed by atoms with E-state index in [0.717, 1.165) is 17.9 Å². The minimum Gasteiger partial charge on any atom is -0.493 e. The molecular formula is C13H16O3S. The molecule has 0 bridgehead atoms. The summed E-state index contributed by atoms with van der Waals surface area (Å²) in [5.74, 6) is 3.45. The first-order valence-corrected chi connectivity index (χ1v) is 6.76. The number of ether oxygens (including phenoxy) is 2. The van der Waals surface area contributed by atoms with Gasteiger partial charge in [0, 0.05) is 11.7 Å². The summed E-state index contributed by atoms with van der Waals surface area (Å²) in [6, 6.07) is 5.45. The van der Waals surface area contributed by atoms with E-state index in [1.54, 1.807) is 20.3 Å². The molecule has 1 fully saturated rings. The fourth-order valence-electron chi connectivity index (χ4n) is 2.04. The molecule has 1 saturated heterocycles. The van der Waals surface area contributed by atoms with Crippen molar-refractivity contribution in [2.75, 3.05) is 25.7 Å². The fraction of sp³-hybridized carbons (Fsp3) is 0.462. The molecule has 0 saturated carbocycles. The lowest BCUT2D eigenvalue weighted by molar-refractivity contribution is 0.0930. The van der Waals surface area contributed by atoms with Crippen molar-refractivity contribution in [3.05, 3.63) is 23.8 Å². The van der Waals surface area contributed by atoms with E-state index < -0.39 is 0 Å². The molecule has 1 aliphatic rings. The van der Waals surface area contributed by atoms with Gasteiger partial charge in [-0.2, -0.15) is 11.8 Å². The predicted octanol–water partition coefficient (Wildman–Crippen LogP) is 2.64. The number of ketones is 1. The largest absolute Gasteiger partial charge is 0.493 e. The van der Waals surface area contributed by atoms with Crippen LogP contribution in [0.4, 0.5) is 0 Å². The lowest BCUT2D eigenvalue weighted by atomic mass is 9.96. The van der Waals surface area contributed by atoms with Crippen molar-refractivity contribution in [3.63, 3.8) is 0 Å². The maximum absolute atomic E-state index is 12.3. The number of carbonyl (C=O) groups excluding carboxylic acids is 1. The molecule has 1 heterocycles. The van der Waals surface area contributed by atoms with Gasteiger partial charge in [-0.05, 0) is 24.3 Å². The van der Waals surface area contributed by atoms with Crippen LogP contribution in [-0.4, -0.2) is 31.5 Å². The Balaban J connectivity index is 2.33. The molecule has 1 aliphatic heterocycles. The number of Topliss-reactive ketones (excluding diaryl/α,β-unsaturated/α-hetero) is 1. The summed E-state index contributed by atoms with van der Waals surface area (Å²) in [6.45, 7) is 0. The van der Waals surface area contributed by atoms with Gasteiger partial charge < -0.3 is 9.47 Å². The normalized spacial score (nSPS) is 19.1. The van der Waals surface area contributed by atoms with E-state index in [2.05, 4.69) is 0 Å². The van der Waals surface area contributed by atoms with Crippen LogP contribution in [0, 0.1) is 5.92 Å². The Morgan fingerprint density at radius 3 is 2.76 bits per heavy atom. The SMILES string of the molecule is COc1cccc(C(=O)C2CCSC2)c1OC. The standard InChI is InChI=1S/C13H16O3S/c1-15-11-5-3-4-10(13(11)16-2)12(14)9-6-7-17-8-9/h3-5,9H,6-8H2,1-2H3. The van der Waals surface area contributed by atoms with Crippen LogP contribution in [0.5, 0.6) is 11.5 Å². The molecule has 0 amide bonds. The van der Waals surface area contributed by atoms with Gasteiger partial charge in [0.1, 0.15) is 0 Å². The van der Waals surface area contributed by atoms with Crippen LogP contribution in [-0.2, 0) is 0 Å². The van der Waals surface area contributed by atoms with Crippen LogP contribution in [0.2, 0.25) is 0 Å². The molecule has 0 aliphatic carbocycles. The van der Waals surface area contributed by atoms with Gasteiger partial charge in [0.05, 0.1) is 19.8 Å². The Morgan fingerprint density at radius 2 is 2.18 bits per heavy atom. The van der Waals surface area contributed by atoms with Gasteiger partial charge in [-0.15, -0.1) is 0 Å². The number of thioether (sulfide) groups is 1. The van der Waals surface area contributed by atoms with Crippen LogP contribution in [0.25, 0.3) is 0 Å². The molecule has 1 aromatic rings. The van der Waals surface area contributed by atoms with Crippen LogP contribution in [0.3, 0.4) is 0 Å². The molecule has 0 radical (unpaired) electrons. The number of para-hydroxylation sites is 1. The van der Waals surface area contributed by atoms with Crippen molar-refractivity contribution >= 4 is 17.5 Å². The first kappa shape index (κ1) is 12.3. The van der Waals surface area contributed by atoms with E-state index in [1.807, 2.05) is 23.9 Å². The number of hydrogen-bond acceptors (Lipinski definition) is 4. The highest BCUT2D eigenvalue weighted by molar-refractivity contribution is 7.99. The van der Waals surface area contributed by atoms with Gasteiger partial charge in [-0.25, -0.2) is 0 Å². The Labute approximate surface area is 105 Å². The Morgan fingerprint density at radius 1 is 1.35 bits per heavy atom. The Hall–Kier alpha value is -1.16. The molecule has 17 heavy (non-hydrogen) atoms. The van der Waals surface area contributed by atoms with Crippen LogP contribution >= 0.6 is 11.8 Å². The van der Waals surface area contributed by atoms with Gasteiger partial charge >= 0.3 is 0 Å². The van der Waals surface area contributed by atoms with Crippen LogP contribution in [0.1, 0.15) is 16.8 Å². The maximum Gasteiger partial charge on any atom is 0.171 e. The lowest BCUT2D eigenvalue weighted by Crippen LogP contribution is -2.15. The molecule has 0 N–H and O–H groups in total. The van der Waals surface area contributed by atoms with E-state index in [4.69, 9.17) is 9.47 Å². The van der Waals surface area contributed by atoms with E-state index in [-0.39, 0.29) is 11.7 Å². The summed E-state index contributed by atoms with van der Waals surface area (Å²) >= 11 is 1.84. The second-order valence-corrected chi connectivity index (χ2v) is 5.12. The summed E-state index contributed by atoms with van der Waals surface area (Å²) in [4.78, 5) is 12.3. The van der Waals surface area contributed by atoms with E-state index >= 15 is 0 Å². The number of methoxy groups -OCH3 is 2. The molecule has 3 nitrogen and oxygen atoms in total. The summed E-state index contributed by atoms with van der Waals surface area (Å²) in [5, 5.41) is 0. The Bertz CT molecular complexity index is 411. The summed E-state index contributed by atoms with van der Waals surface area (Å²) < 4.78 is 10.5. The van der Waals surface area contributed by atoms with Crippen LogP contribution in [0.15, 0.2) is 18.2 Å². The average Bonchev–Trinajstić information content (AvgIpc) is 2.90. The highest BCUT2D eigenvalue weighted by Crippen LogP contribution is 2.35. The van der Waals surface area contributed by atoms with Crippen molar-refractivity contribution in [1.29, 1.82) is 0 Å². The van der Waals surface area contributed by atoms with Crippen LogP contribution < -0.4 is 9.47 Å². The topological polar surface area (TPSA) is 35.5 Å². The zero-order chi connectivity index (χ0) is 12.3. The molecule has 0 aromatic heterocycles. The molecule has 92 valence electrons. The maximum atomic E-state index is 12.3. The van der Waals surface area contributed by atoms with Crippen molar-refractivity contribution in [2.24, 2.45) is 5.92 Å². The van der Waals surface area contributed by atoms with Crippen molar-refractivity contribution in [1.82, 2.24) is 0 Å². The minimum atomic E-state index is 0.126. The van der Waals surface area contributed by atoms with E-state index in [1.165, 1.54) is 0 Å². The smallest absolute Gasteiger partial charge is 0.171 e. The monoisotopic (exact) mass is 252 g/mol. The second kappa shape index (κ2) is 5.45. The minimum absolute atomic E-state index is 0.126. The number of hydrogen-bond donors (Lipinski definition) is 0. The van der Waals surface area contributed by atoms with Crippen molar-refractivity contribution in [3.8, 4) is 11.5 Å². The van der Waals surface area contributed by atoms with Gasteiger partial charge in [0.25, 0.3) is 0 Å². The third-order valence-electron chi connectivity index (χ3n) is 2.97. The zero-order valence-corrected chi connectivity index (χ0v) is 10.9. The fourth-order valence-corrected chi connectivity index (χ4v) is 3.26. The lowest BCUT2D eigenvalue weighted by Gasteiger charge is -2.14. The average molecular weight is 252 g/mol. The van der Waals surface area contributed by atoms with Gasteiger partial charge in [-0.1, -0.05) is 6.07 Å². The summed E-state index contributed by atoms with van der Waals surface area (Å²) in [5.41, 5.74) is 0.638. The molecule has 1 unspecified atom stereocenters. The second-order valence-electron chi connectivity index (χ2n) is 3.97. The first-order valence-electron chi connectivity index (χ1n) is 5.61. The third-order valence-corrected chi connectivity index (χ3v) is 4.13. The van der Waals surface area contributed by atoms with E-state index in [9.17, 15) is 4.79 Å².